The van der Waals surface area contributed by atoms with Crippen LogP contribution in [0, 0.1) is 0 Å². The molecule has 1 aliphatic carbocycles. The predicted molar refractivity (Wildman–Crippen MR) is 63.3 cm³/mol. The van der Waals surface area contributed by atoms with E-state index in [9.17, 15) is 0 Å². The molecule has 0 saturated carbocycles. The van der Waals surface area contributed by atoms with E-state index < -0.39 is 0 Å². The average Bonchev–Trinajstić information content (AvgIpc) is 2.74. The fraction of sp³-hybridized carbons (Fsp3) is 0.727. The average molecular weight is 223 g/mol. The summed E-state index contributed by atoms with van der Waals surface area (Å²) in [5, 5.41) is 11.3. The van der Waals surface area contributed by atoms with Crippen molar-refractivity contribution in [2.45, 2.75) is 31.7 Å². The van der Waals surface area contributed by atoms with Crippen molar-refractivity contribution in [2.75, 3.05) is 18.1 Å². The van der Waals surface area contributed by atoms with E-state index in [2.05, 4.69) is 15.5 Å². The van der Waals surface area contributed by atoms with Crippen molar-refractivity contribution >= 4 is 11.8 Å². The lowest BCUT2D eigenvalue weighted by molar-refractivity contribution is 0.571. The zero-order valence-corrected chi connectivity index (χ0v) is 9.70. The normalized spacial score (nSPS) is 26.3. The number of nitrogens with one attached hydrogen (secondary N) is 2. The van der Waals surface area contributed by atoms with Crippen LogP contribution < -0.4 is 5.32 Å². The van der Waals surface area contributed by atoms with Crippen molar-refractivity contribution in [2.24, 2.45) is 0 Å². The van der Waals surface area contributed by atoms with Gasteiger partial charge in [0.15, 0.2) is 0 Å². The number of rotatable bonds is 1. The van der Waals surface area contributed by atoms with Crippen LogP contribution in [0.25, 0.3) is 0 Å². The van der Waals surface area contributed by atoms with E-state index in [0.717, 1.165) is 6.54 Å². The van der Waals surface area contributed by atoms with E-state index >= 15 is 0 Å². The number of fused-ring (bicyclic) bond motifs is 1. The fourth-order valence-corrected chi connectivity index (χ4v) is 3.48. The minimum atomic E-state index is 0.488. The lowest BCUT2D eigenvalue weighted by atomic mass is 9.94. The van der Waals surface area contributed by atoms with Crippen LogP contribution in [0.15, 0.2) is 0 Å². The molecule has 0 spiro atoms. The van der Waals surface area contributed by atoms with Crippen molar-refractivity contribution in [1.29, 1.82) is 0 Å². The van der Waals surface area contributed by atoms with Crippen molar-refractivity contribution in [3.63, 3.8) is 0 Å². The first kappa shape index (κ1) is 9.73. The van der Waals surface area contributed by atoms with Crippen LogP contribution in [0.4, 0.5) is 0 Å². The summed E-state index contributed by atoms with van der Waals surface area (Å²) in [5.74, 6) is 2.42. The van der Waals surface area contributed by atoms with Crippen molar-refractivity contribution in [1.82, 2.24) is 15.5 Å². The lowest BCUT2D eigenvalue weighted by Gasteiger charge is -2.23. The Morgan fingerprint density at radius 3 is 3.07 bits per heavy atom. The van der Waals surface area contributed by atoms with Gasteiger partial charge < -0.3 is 5.32 Å². The molecule has 0 aromatic carbocycles. The van der Waals surface area contributed by atoms with Crippen LogP contribution in [0.2, 0.25) is 0 Å². The van der Waals surface area contributed by atoms with Gasteiger partial charge in [-0.15, -0.1) is 0 Å². The van der Waals surface area contributed by atoms with Crippen LogP contribution in [0.3, 0.4) is 0 Å². The van der Waals surface area contributed by atoms with Gasteiger partial charge in [-0.25, -0.2) is 0 Å². The van der Waals surface area contributed by atoms with Crippen LogP contribution >= 0.6 is 11.8 Å². The number of aryl methyl sites for hydroxylation is 1. The minimum Gasteiger partial charge on any atom is -0.307 e. The summed E-state index contributed by atoms with van der Waals surface area (Å²) in [4.78, 5) is 0. The van der Waals surface area contributed by atoms with Crippen LogP contribution in [0.5, 0.6) is 0 Å². The van der Waals surface area contributed by atoms with Gasteiger partial charge in [-0.1, -0.05) is 0 Å². The highest BCUT2D eigenvalue weighted by molar-refractivity contribution is 7.99. The second-order valence-corrected chi connectivity index (χ2v) is 5.50. The molecule has 15 heavy (non-hydrogen) atoms. The van der Waals surface area contributed by atoms with E-state index in [0.29, 0.717) is 6.04 Å². The number of thioether (sulfide) groups is 1. The summed E-state index contributed by atoms with van der Waals surface area (Å²) in [6.07, 6.45) is 5.08. The summed E-state index contributed by atoms with van der Waals surface area (Å²) < 4.78 is 0. The third-order valence-corrected chi connectivity index (χ3v) is 4.40. The second-order valence-electron chi connectivity index (χ2n) is 4.35. The number of hydrogen-bond acceptors (Lipinski definition) is 3. The first-order chi connectivity index (χ1) is 7.45. The Balaban J connectivity index is 1.87. The molecule has 2 N–H and O–H groups in total. The van der Waals surface area contributed by atoms with Crippen molar-refractivity contribution in [3.8, 4) is 0 Å². The van der Waals surface area contributed by atoms with Gasteiger partial charge in [0.1, 0.15) is 0 Å². The topological polar surface area (TPSA) is 40.7 Å². The van der Waals surface area contributed by atoms with Crippen LogP contribution in [0.1, 0.15) is 35.8 Å². The minimum absolute atomic E-state index is 0.488. The molecule has 0 amide bonds. The van der Waals surface area contributed by atoms with E-state index in [1.54, 1.807) is 0 Å². The number of hydrogen-bond donors (Lipinski definition) is 2. The molecule has 1 atom stereocenters. The summed E-state index contributed by atoms with van der Waals surface area (Å²) in [7, 11) is 0. The van der Waals surface area contributed by atoms with E-state index in [1.807, 2.05) is 11.8 Å². The zero-order chi connectivity index (χ0) is 10.1. The number of aromatic amines is 1. The molecule has 1 aromatic rings. The van der Waals surface area contributed by atoms with E-state index in [-0.39, 0.29) is 0 Å². The van der Waals surface area contributed by atoms with Crippen molar-refractivity contribution < 1.29 is 0 Å². The maximum absolute atomic E-state index is 4.52. The third-order valence-electron chi connectivity index (χ3n) is 3.34. The fourth-order valence-electron chi connectivity index (χ4n) is 2.54. The molecule has 1 fully saturated rings. The first-order valence-corrected chi connectivity index (χ1v) is 6.98. The molecule has 0 radical (unpaired) electrons. The van der Waals surface area contributed by atoms with Gasteiger partial charge in [0.05, 0.1) is 11.7 Å². The lowest BCUT2D eigenvalue weighted by Crippen LogP contribution is -2.31. The third kappa shape index (κ3) is 1.81. The molecule has 0 bridgehead atoms. The summed E-state index contributed by atoms with van der Waals surface area (Å²) in [6, 6.07) is 0.488. The molecule has 4 heteroatoms. The van der Waals surface area contributed by atoms with Crippen molar-refractivity contribution in [3.05, 3.63) is 17.0 Å². The smallest absolute Gasteiger partial charge is 0.0834 e. The highest BCUT2D eigenvalue weighted by Crippen LogP contribution is 2.29. The molecule has 1 aliphatic heterocycles. The number of aromatic nitrogens is 2. The monoisotopic (exact) mass is 223 g/mol. The molecule has 3 nitrogen and oxygen atoms in total. The zero-order valence-electron chi connectivity index (χ0n) is 8.88. The summed E-state index contributed by atoms with van der Waals surface area (Å²) in [6.45, 7) is 1.12. The number of nitrogens with zero attached hydrogens (tertiary/aromatic N) is 1. The van der Waals surface area contributed by atoms with Crippen LogP contribution in [-0.2, 0) is 12.8 Å². The standard InChI is InChI=1S/C11H17N3S/c1-2-4-9-8(3-1)11(14-13-9)10-7-15-6-5-12-10/h10,12H,1-7H2,(H,13,14). The Kier molecular flexibility index (Phi) is 2.71. The Labute approximate surface area is 94.4 Å². The predicted octanol–water partition coefficient (Wildman–Crippen LogP) is 1.67. The van der Waals surface area contributed by atoms with Gasteiger partial charge in [0.25, 0.3) is 0 Å². The van der Waals surface area contributed by atoms with Gasteiger partial charge in [0.2, 0.25) is 0 Å². The molecule has 1 unspecified atom stereocenters. The highest BCUT2D eigenvalue weighted by Gasteiger charge is 2.24. The van der Waals surface area contributed by atoms with E-state index in [4.69, 9.17) is 0 Å². The Hall–Kier alpha value is -0.480. The molecule has 82 valence electrons. The number of H-pyrrole nitrogens is 1. The van der Waals surface area contributed by atoms with Gasteiger partial charge in [-0.05, 0) is 31.2 Å². The maximum atomic E-state index is 4.52. The molecular formula is C11H17N3S. The largest absolute Gasteiger partial charge is 0.307 e. The van der Waals surface area contributed by atoms with E-state index in [1.165, 1.54) is 54.1 Å². The molecule has 2 heterocycles. The quantitative estimate of drug-likeness (QED) is 0.761. The highest BCUT2D eigenvalue weighted by atomic mass is 32.2. The van der Waals surface area contributed by atoms with Gasteiger partial charge in [-0.2, -0.15) is 16.9 Å². The van der Waals surface area contributed by atoms with Gasteiger partial charge >= 0.3 is 0 Å². The van der Waals surface area contributed by atoms with Gasteiger partial charge in [-0.3, -0.25) is 5.10 Å². The summed E-state index contributed by atoms with van der Waals surface area (Å²) >= 11 is 2.04. The van der Waals surface area contributed by atoms with Gasteiger partial charge in [0, 0.05) is 23.7 Å². The van der Waals surface area contributed by atoms with Crippen LogP contribution in [-0.4, -0.2) is 28.2 Å². The Morgan fingerprint density at radius 1 is 1.27 bits per heavy atom. The molecule has 1 saturated heterocycles. The Bertz CT molecular complexity index is 342. The SMILES string of the molecule is C1CCc2c(C3CSCCN3)n[nH]c2C1. The molecular weight excluding hydrogens is 206 g/mol. The molecule has 2 aliphatic rings. The molecule has 3 rings (SSSR count). The Morgan fingerprint density at radius 2 is 2.20 bits per heavy atom. The maximum Gasteiger partial charge on any atom is 0.0834 e. The summed E-state index contributed by atoms with van der Waals surface area (Å²) in [5.41, 5.74) is 4.21. The second kappa shape index (κ2) is 4.18. The molecule has 1 aromatic heterocycles. The first-order valence-electron chi connectivity index (χ1n) is 5.82.